The second kappa shape index (κ2) is 4.59. The quantitative estimate of drug-likeness (QED) is 0.892. The summed E-state index contributed by atoms with van der Waals surface area (Å²) in [7, 11) is 0. The molecule has 4 heteroatoms. The van der Waals surface area contributed by atoms with Crippen LogP contribution in [-0.2, 0) is 4.79 Å². The third-order valence-electron chi connectivity index (χ3n) is 4.08. The number of carboxylic acid groups (broad SMARTS) is 1. The molecular formula is C14H20N2O2. The van der Waals surface area contributed by atoms with Gasteiger partial charge in [0.25, 0.3) is 0 Å². The van der Waals surface area contributed by atoms with E-state index in [0.717, 1.165) is 17.9 Å². The van der Waals surface area contributed by atoms with Crippen molar-refractivity contribution in [3.8, 4) is 0 Å². The normalized spacial score (nSPS) is 23.7. The van der Waals surface area contributed by atoms with Crippen LogP contribution in [0.25, 0.3) is 0 Å². The first-order valence-electron chi connectivity index (χ1n) is 6.37. The molecule has 0 bridgehead atoms. The van der Waals surface area contributed by atoms with Crippen molar-refractivity contribution in [2.24, 2.45) is 11.3 Å². The van der Waals surface area contributed by atoms with E-state index in [1.807, 2.05) is 32.9 Å². The van der Waals surface area contributed by atoms with Crippen LogP contribution in [0.4, 0.5) is 5.69 Å². The van der Waals surface area contributed by atoms with Crippen molar-refractivity contribution >= 4 is 11.7 Å². The molecular weight excluding hydrogens is 228 g/mol. The lowest BCUT2D eigenvalue weighted by atomic mass is 9.76. The van der Waals surface area contributed by atoms with Gasteiger partial charge in [0.1, 0.15) is 0 Å². The summed E-state index contributed by atoms with van der Waals surface area (Å²) in [6.45, 7) is 7.33. The molecule has 2 heterocycles. The zero-order valence-corrected chi connectivity index (χ0v) is 11.2. The smallest absolute Gasteiger partial charge is 0.311 e. The number of pyridine rings is 1. The Morgan fingerprint density at radius 1 is 1.56 bits per heavy atom. The summed E-state index contributed by atoms with van der Waals surface area (Å²) in [6, 6.07) is 3.96. The molecule has 2 rings (SSSR count). The van der Waals surface area contributed by atoms with E-state index in [-0.39, 0.29) is 5.92 Å². The van der Waals surface area contributed by atoms with Gasteiger partial charge in [-0.25, -0.2) is 0 Å². The van der Waals surface area contributed by atoms with Gasteiger partial charge >= 0.3 is 5.97 Å². The minimum atomic E-state index is -0.675. The van der Waals surface area contributed by atoms with E-state index in [9.17, 15) is 9.90 Å². The van der Waals surface area contributed by atoms with Crippen molar-refractivity contribution < 1.29 is 9.90 Å². The minimum Gasteiger partial charge on any atom is -0.481 e. The molecule has 1 unspecified atom stereocenters. The first-order valence-corrected chi connectivity index (χ1v) is 6.37. The lowest BCUT2D eigenvalue weighted by Gasteiger charge is -2.29. The van der Waals surface area contributed by atoms with Crippen molar-refractivity contribution in [3.63, 3.8) is 0 Å². The Balaban J connectivity index is 2.24. The lowest BCUT2D eigenvalue weighted by Crippen LogP contribution is -2.39. The number of carbonyl (C=O) groups is 1. The Hall–Kier alpha value is -1.58. The number of anilines is 1. The van der Waals surface area contributed by atoms with Gasteiger partial charge in [0.15, 0.2) is 0 Å². The van der Waals surface area contributed by atoms with E-state index in [4.69, 9.17) is 0 Å². The van der Waals surface area contributed by atoms with E-state index < -0.39 is 11.4 Å². The Kier molecular flexibility index (Phi) is 3.28. The molecule has 1 atom stereocenters. The number of hydrogen-bond donors (Lipinski definition) is 1. The van der Waals surface area contributed by atoms with Gasteiger partial charge in [-0.3, -0.25) is 9.78 Å². The fourth-order valence-electron chi connectivity index (χ4n) is 2.67. The van der Waals surface area contributed by atoms with E-state index in [1.54, 1.807) is 6.20 Å². The second-order valence-electron chi connectivity index (χ2n) is 5.44. The van der Waals surface area contributed by atoms with E-state index in [1.165, 1.54) is 0 Å². The summed E-state index contributed by atoms with van der Waals surface area (Å²) in [4.78, 5) is 17.9. The van der Waals surface area contributed by atoms with Gasteiger partial charge in [-0.1, -0.05) is 13.8 Å². The lowest BCUT2D eigenvalue weighted by molar-refractivity contribution is -0.150. The predicted molar refractivity (Wildman–Crippen MR) is 70.7 cm³/mol. The largest absolute Gasteiger partial charge is 0.481 e. The molecule has 0 aromatic carbocycles. The highest BCUT2D eigenvalue weighted by atomic mass is 16.4. The van der Waals surface area contributed by atoms with Gasteiger partial charge in [-0.05, 0) is 31.4 Å². The van der Waals surface area contributed by atoms with E-state index >= 15 is 0 Å². The number of hydrogen-bond acceptors (Lipinski definition) is 3. The first kappa shape index (κ1) is 12.9. The third-order valence-corrected chi connectivity index (χ3v) is 4.08. The van der Waals surface area contributed by atoms with Crippen LogP contribution in [0.3, 0.4) is 0 Å². The van der Waals surface area contributed by atoms with Crippen LogP contribution < -0.4 is 4.90 Å². The molecule has 1 aliphatic rings. The summed E-state index contributed by atoms with van der Waals surface area (Å²) in [6.07, 6.45) is 2.49. The zero-order chi connectivity index (χ0) is 13.3. The van der Waals surface area contributed by atoms with E-state index in [0.29, 0.717) is 13.0 Å². The van der Waals surface area contributed by atoms with Crippen molar-refractivity contribution in [2.75, 3.05) is 18.0 Å². The summed E-state index contributed by atoms with van der Waals surface area (Å²) in [5.74, 6) is -0.534. The van der Waals surface area contributed by atoms with Crippen LogP contribution in [0.2, 0.25) is 0 Å². The Labute approximate surface area is 108 Å². The van der Waals surface area contributed by atoms with Gasteiger partial charge in [0.05, 0.1) is 5.41 Å². The van der Waals surface area contributed by atoms with Gasteiger partial charge in [0.2, 0.25) is 0 Å². The topological polar surface area (TPSA) is 53.4 Å². The Morgan fingerprint density at radius 3 is 2.78 bits per heavy atom. The number of carboxylic acids is 1. The summed E-state index contributed by atoms with van der Waals surface area (Å²) in [5, 5.41) is 9.51. The van der Waals surface area contributed by atoms with Crippen LogP contribution in [0.5, 0.6) is 0 Å². The van der Waals surface area contributed by atoms with Gasteiger partial charge < -0.3 is 10.0 Å². The summed E-state index contributed by atoms with van der Waals surface area (Å²) >= 11 is 0. The fourth-order valence-corrected chi connectivity index (χ4v) is 2.67. The molecule has 18 heavy (non-hydrogen) atoms. The molecule has 0 saturated carbocycles. The highest BCUT2D eigenvalue weighted by Crippen LogP contribution is 2.39. The summed E-state index contributed by atoms with van der Waals surface area (Å²) in [5.41, 5.74) is 1.42. The number of nitrogens with zero attached hydrogens (tertiary/aromatic N) is 2. The fraction of sp³-hybridized carbons (Fsp3) is 0.571. The molecule has 1 fully saturated rings. The van der Waals surface area contributed by atoms with E-state index in [2.05, 4.69) is 9.88 Å². The molecule has 1 aliphatic heterocycles. The van der Waals surface area contributed by atoms with Crippen molar-refractivity contribution in [1.82, 2.24) is 4.98 Å². The molecule has 98 valence electrons. The number of aryl methyl sites for hydroxylation is 1. The average Bonchev–Trinajstić information content (AvgIpc) is 2.75. The standard InChI is InChI=1S/C14H20N2O2/c1-10(2)14(13(17)18)5-7-16(9-14)12-4-6-15-11(3)8-12/h4,6,8,10H,5,7,9H2,1-3H3,(H,17,18). The predicted octanol–water partition coefficient (Wildman–Crippen LogP) is 2.33. The molecule has 1 N–H and O–H groups in total. The van der Waals surface area contributed by atoms with Crippen molar-refractivity contribution in [2.45, 2.75) is 27.2 Å². The van der Waals surface area contributed by atoms with Crippen LogP contribution >= 0.6 is 0 Å². The SMILES string of the molecule is Cc1cc(N2CCC(C(=O)O)(C(C)C)C2)ccn1. The van der Waals surface area contributed by atoms with Gasteiger partial charge in [-0.2, -0.15) is 0 Å². The molecule has 0 amide bonds. The average molecular weight is 248 g/mol. The van der Waals surface area contributed by atoms with Gasteiger partial charge in [-0.15, -0.1) is 0 Å². The minimum absolute atomic E-state index is 0.142. The molecule has 0 aliphatic carbocycles. The molecule has 0 spiro atoms. The van der Waals surface area contributed by atoms with Crippen LogP contribution in [-0.4, -0.2) is 29.1 Å². The monoisotopic (exact) mass is 248 g/mol. The molecule has 1 aromatic heterocycles. The summed E-state index contributed by atoms with van der Waals surface area (Å²) < 4.78 is 0. The first-order chi connectivity index (χ1) is 8.45. The highest BCUT2D eigenvalue weighted by molar-refractivity contribution is 5.77. The Bertz CT molecular complexity index is 459. The van der Waals surface area contributed by atoms with Crippen LogP contribution in [0.1, 0.15) is 26.0 Å². The third kappa shape index (κ3) is 2.07. The molecule has 4 nitrogen and oxygen atoms in total. The molecule has 0 radical (unpaired) electrons. The molecule has 1 aromatic rings. The molecule has 1 saturated heterocycles. The number of aliphatic carboxylic acids is 1. The zero-order valence-electron chi connectivity index (χ0n) is 11.2. The van der Waals surface area contributed by atoms with Crippen molar-refractivity contribution in [1.29, 1.82) is 0 Å². The number of rotatable bonds is 3. The van der Waals surface area contributed by atoms with Crippen LogP contribution in [0, 0.1) is 18.3 Å². The van der Waals surface area contributed by atoms with Crippen LogP contribution in [0.15, 0.2) is 18.3 Å². The number of aromatic nitrogens is 1. The Morgan fingerprint density at radius 2 is 2.28 bits per heavy atom. The maximum Gasteiger partial charge on any atom is 0.311 e. The second-order valence-corrected chi connectivity index (χ2v) is 5.44. The van der Waals surface area contributed by atoms with Crippen molar-refractivity contribution in [3.05, 3.63) is 24.0 Å². The maximum absolute atomic E-state index is 11.6. The maximum atomic E-state index is 11.6. The van der Waals surface area contributed by atoms with Gasteiger partial charge in [0, 0.05) is 30.7 Å². The highest BCUT2D eigenvalue weighted by Gasteiger charge is 2.47.